The van der Waals surface area contributed by atoms with Gasteiger partial charge in [0.2, 0.25) is 0 Å². The number of benzene rings is 2. The fourth-order valence-electron chi connectivity index (χ4n) is 2.94. The number of nitrogen functional groups attached to an aromatic ring is 1. The summed E-state index contributed by atoms with van der Waals surface area (Å²) in [6.07, 6.45) is 7.35. The van der Waals surface area contributed by atoms with Gasteiger partial charge in [-0.3, -0.25) is 9.97 Å². The molecule has 0 bridgehead atoms. The van der Waals surface area contributed by atoms with Crippen molar-refractivity contribution in [2.24, 2.45) is 0 Å². The summed E-state index contributed by atoms with van der Waals surface area (Å²) in [5, 5.41) is 4.29. The minimum Gasteiger partial charge on any atom is -0.487 e. The van der Waals surface area contributed by atoms with Crippen LogP contribution in [0, 0.1) is 0 Å². The number of aromatic nitrogens is 4. The normalized spacial score (nSPS) is 10.7. The van der Waals surface area contributed by atoms with Crippen molar-refractivity contribution in [1.29, 1.82) is 0 Å². The summed E-state index contributed by atoms with van der Waals surface area (Å²) in [7, 11) is 0. The summed E-state index contributed by atoms with van der Waals surface area (Å²) in [6.45, 7) is 1.08. The number of nitrogens with two attached hydrogens (primary N) is 1. The van der Waals surface area contributed by atoms with Crippen molar-refractivity contribution in [2.75, 3.05) is 17.6 Å². The lowest BCUT2D eigenvalue weighted by atomic mass is 10.1. The summed E-state index contributed by atoms with van der Waals surface area (Å²) >= 11 is 0. The van der Waals surface area contributed by atoms with Gasteiger partial charge in [-0.1, -0.05) is 18.2 Å². The van der Waals surface area contributed by atoms with Crippen LogP contribution in [0.2, 0.25) is 0 Å². The van der Waals surface area contributed by atoms with Crippen LogP contribution in [-0.2, 0) is 13.0 Å². The molecule has 3 N–H and O–H groups in total. The number of rotatable bonds is 7. The van der Waals surface area contributed by atoms with E-state index in [0.717, 1.165) is 40.1 Å². The van der Waals surface area contributed by atoms with Gasteiger partial charge in [0.05, 0.1) is 17.4 Å². The average molecular weight is 372 g/mol. The highest BCUT2D eigenvalue weighted by Gasteiger charge is 2.07. The number of hydrogen-bond donors (Lipinski definition) is 2. The standard InChI is InChI=1S/C21H20N6O/c22-16-5-6-19-18(11-16)21(27-14-26-19)25-8-7-15-3-1-2-4-20(15)28-13-17-12-23-9-10-24-17/h1-6,9-12,14H,7-8,13,22H2,(H,25,26,27). The van der Waals surface area contributed by atoms with E-state index in [9.17, 15) is 0 Å². The van der Waals surface area contributed by atoms with E-state index in [0.29, 0.717) is 18.8 Å². The smallest absolute Gasteiger partial charge is 0.137 e. The van der Waals surface area contributed by atoms with Gasteiger partial charge >= 0.3 is 0 Å². The Balaban J connectivity index is 1.42. The lowest BCUT2D eigenvalue weighted by molar-refractivity contribution is 0.297. The Labute approximate surface area is 162 Å². The van der Waals surface area contributed by atoms with Crippen molar-refractivity contribution in [2.45, 2.75) is 13.0 Å². The van der Waals surface area contributed by atoms with Crippen LogP contribution in [0.1, 0.15) is 11.3 Å². The topological polar surface area (TPSA) is 98.8 Å². The molecule has 2 heterocycles. The first-order valence-corrected chi connectivity index (χ1v) is 8.99. The van der Waals surface area contributed by atoms with Crippen LogP contribution in [-0.4, -0.2) is 26.5 Å². The van der Waals surface area contributed by atoms with Gasteiger partial charge in [0, 0.05) is 30.0 Å². The van der Waals surface area contributed by atoms with Crippen LogP contribution < -0.4 is 15.8 Å². The fraction of sp³-hybridized carbons (Fsp3) is 0.143. The number of nitrogens with one attached hydrogen (secondary N) is 1. The first-order valence-electron chi connectivity index (χ1n) is 8.99. The summed E-state index contributed by atoms with van der Waals surface area (Å²) < 4.78 is 5.94. The third-order valence-electron chi connectivity index (χ3n) is 4.31. The summed E-state index contributed by atoms with van der Waals surface area (Å²) in [5.74, 6) is 1.61. The zero-order chi connectivity index (χ0) is 19.2. The molecule has 7 heteroatoms. The average Bonchev–Trinajstić information content (AvgIpc) is 2.74. The van der Waals surface area contributed by atoms with Crippen LogP contribution >= 0.6 is 0 Å². The van der Waals surface area contributed by atoms with Crippen molar-refractivity contribution in [1.82, 2.24) is 19.9 Å². The Kier molecular flexibility index (Phi) is 5.24. The van der Waals surface area contributed by atoms with Crippen LogP contribution in [0.15, 0.2) is 67.4 Å². The Bertz CT molecular complexity index is 1070. The van der Waals surface area contributed by atoms with Crippen molar-refractivity contribution in [3.63, 3.8) is 0 Å². The van der Waals surface area contributed by atoms with Crippen LogP contribution in [0.4, 0.5) is 11.5 Å². The monoisotopic (exact) mass is 372 g/mol. The molecule has 0 fully saturated rings. The van der Waals surface area contributed by atoms with Crippen molar-refractivity contribution in [3.05, 3.63) is 78.6 Å². The molecule has 0 unspecified atom stereocenters. The van der Waals surface area contributed by atoms with E-state index in [-0.39, 0.29) is 0 Å². The maximum atomic E-state index is 5.94. The molecule has 2 aromatic heterocycles. The summed E-state index contributed by atoms with van der Waals surface area (Å²) in [4.78, 5) is 16.9. The maximum absolute atomic E-state index is 5.94. The largest absolute Gasteiger partial charge is 0.487 e. The number of ether oxygens (including phenoxy) is 1. The third kappa shape index (κ3) is 4.15. The SMILES string of the molecule is Nc1ccc2ncnc(NCCc3ccccc3OCc3cnccn3)c2c1. The molecule has 0 aliphatic carbocycles. The molecule has 4 rings (SSSR count). The highest BCUT2D eigenvalue weighted by atomic mass is 16.5. The van der Waals surface area contributed by atoms with E-state index in [1.54, 1.807) is 24.9 Å². The van der Waals surface area contributed by atoms with E-state index in [1.807, 2.05) is 36.4 Å². The van der Waals surface area contributed by atoms with Gasteiger partial charge in [0.1, 0.15) is 24.5 Å². The molecular weight excluding hydrogens is 352 g/mol. The van der Waals surface area contributed by atoms with Gasteiger partial charge in [0.25, 0.3) is 0 Å². The van der Waals surface area contributed by atoms with Gasteiger partial charge < -0.3 is 15.8 Å². The second-order valence-corrected chi connectivity index (χ2v) is 6.27. The third-order valence-corrected chi connectivity index (χ3v) is 4.31. The van der Waals surface area contributed by atoms with Crippen LogP contribution in [0.25, 0.3) is 10.9 Å². The highest BCUT2D eigenvalue weighted by Crippen LogP contribution is 2.23. The van der Waals surface area contributed by atoms with Crippen molar-refractivity contribution in [3.8, 4) is 5.75 Å². The van der Waals surface area contributed by atoms with E-state index in [4.69, 9.17) is 10.5 Å². The van der Waals surface area contributed by atoms with Gasteiger partial charge in [0.15, 0.2) is 0 Å². The fourth-order valence-corrected chi connectivity index (χ4v) is 2.94. The minimum absolute atomic E-state index is 0.383. The molecule has 4 aromatic rings. The Morgan fingerprint density at radius 2 is 1.93 bits per heavy atom. The van der Waals surface area contributed by atoms with Gasteiger partial charge in [-0.05, 0) is 36.2 Å². The van der Waals surface area contributed by atoms with Crippen molar-refractivity contribution >= 4 is 22.4 Å². The molecule has 0 amide bonds. The zero-order valence-corrected chi connectivity index (χ0v) is 15.2. The van der Waals surface area contributed by atoms with Gasteiger partial charge in [-0.2, -0.15) is 0 Å². The molecule has 28 heavy (non-hydrogen) atoms. The lowest BCUT2D eigenvalue weighted by Crippen LogP contribution is -2.08. The number of para-hydroxylation sites is 1. The van der Waals surface area contributed by atoms with E-state index in [1.165, 1.54) is 0 Å². The number of fused-ring (bicyclic) bond motifs is 1. The predicted octanol–water partition coefficient (Wildman–Crippen LogP) is 3.24. The minimum atomic E-state index is 0.383. The Hall–Kier alpha value is -3.74. The summed E-state index contributed by atoms with van der Waals surface area (Å²) in [6, 6.07) is 13.6. The molecular formula is C21H20N6O. The molecule has 0 aliphatic heterocycles. The second-order valence-electron chi connectivity index (χ2n) is 6.27. The molecule has 0 radical (unpaired) electrons. The van der Waals surface area contributed by atoms with Crippen LogP contribution in [0.5, 0.6) is 5.75 Å². The zero-order valence-electron chi connectivity index (χ0n) is 15.2. The number of nitrogens with zero attached hydrogens (tertiary/aromatic N) is 4. The van der Waals surface area contributed by atoms with E-state index >= 15 is 0 Å². The first-order chi connectivity index (χ1) is 13.8. The quantitative estimate of drug-likeness (QED) is 0.481. The first kappa shape index (κ1) is 17.7. The van der Waals surface area contributed by atoms with Crippen molar-refractivity contribution < 1.29 is 4.74 Å². The molecule has 140 valence electrons. The second kappa shape index (κ2) is 8.30. The molecule has 0 saturated carbocycles. The molecule has 2 aromatic carbocycles. The number of hydrogen-bond acceptors (Lipinski definition) is 7. The molecule has 0 saturated heterocycles. The Morgan fingerprint density at radius 3 is 2.82 bits per heavy atom. The van der Waals surface area contributed by atoms with E-state index in [2.05, 4.69) is 31.3 Å². The Morgan fingerprint density at radius 1 is 1.00 bits per heavy atom. The number of anilines is 2. The van der Waals surface area contributed by atoms with Gasteiger partial charge in [-0.15, -0.1) is 0 Å². The van der Waals surface area contributed by atoms with E-state index < -0.39 is 0 Å². The predicted molar refractivity (Wildman–Crippen MR) is 109 cm³/mol. The maximum Gasteiger partial charge on any atom is 0.137 e. The van der Waals surface area contributed by atoms with Gasteiger partial charge in [-0.25, -0.2) is 9.97 Å². The highest BCUT2D eigenvalue weighted by molar-refractivity contribution is 5.91. The van der Waals surface area contributed by atoms with Crippen LogP contribution in [0.3, 0.4) is 0 Å². The molecule has 0 atom stereocenters. The molecule has 0 aliphatic rings. The summed E-state index contributed by atoms with van der Waals surface area (Å²) in [5.41, 5.74) is 9.35. The molecule has 7 nitrogen and oxygen atoms in total. The molecule has 0 spiro atoms. The lowest BCUT2D eigenvalue weighted by Gasteiger charge is -2.12.